The number of rotatable bonds is 7. The third-order valence-electron chi connectivity index (χ3n) is 6.39. The van der Waals surface area contributed by atoms with Crippen molar-refractivity contribution in [2.45, 2.75) is 52.9 Å². The Kier molecular flexibility index (Phi) is 6.88. The van der Waals surface area contributed by atoms with Crippen molar-refractivity contribution in [2.24, 2.45) is 5.92 Å². The van der Waals surface area contributed by atoms with Crippen LogP contribution in [-0.4, -0.2) is 65.5 Å². The van der Waals surface area contributed by atoms with Gasteiger partial charge >= 0.3 is 5.69 Å². The summed E-state index contributed by atoms with van der Waals surface area (Å²) in [7, 11) is 0. The number of amides is 3. The van der Waals surface area contributed by atoms with E-state index in [-0.39, 0.29) is 35.4 Å². The van der Waals surface area contributed by atoms with Crippen LogP contribution in [0.1, 0.15) is 54.2 Å². The van der Waals surface area contributed by atoms with Gasteiger partial charge in [-0.2, -0.15) is 5.10 Å². The average Bonchev–Trinajstić information content (AvgIpc) is 3.23. The highest BCUT2D eigenvalue weighted by Gasteiger charge is 2.32. The summed E-state index contributed by atoms with van der Waals surface area (Å²) in [6.45, 7) is 7.84. The van der Waals surface area contributed by atoms with Crippen molar-refractivity contribution in [1.82, 2.24) is 34.7 Å². The van der Waals surface area contributed by atoms with Gasteiger partial charge in [-0.05, 0) is 31.9 Å². The maximum atomic E-state index is 13.1. The first kappa shape index (κ1) is 25.7. The zero-order chi connectivity index (χ0) is 27.0. The standard InChI is InChI=1S/C24H29N7O6/c1-12(2)17(26-21(34)15-6-5-7-31-20(15)27-28-24(31)37)22(35)25-11-14-10-16(32)19(33)18-23(36)29(13(3)4)8-9-30(14)18/h5-7,10,12-13,17,33H,8-9,11H2,1-4H3,(H,25,35)(H,26,34)(H,28,37)/t17-/m0/s1. The van der Waals surface area contributed by atoms with Crippen LogP contribution < -0.4 is 21.8 Å². The van der Waals surface area contributed by atoms with Crippen LogP contribution >= 0.6 is 0 Å². The van der Waals surface area contributed by atoms with Gasteiger partial charge in [-0.1, -0.05) is 13.8 Å². The molecule has 3 amide bonds. The summed E-state index contributed by atoms with van der Waals surface area (Å²) in [4.78, 5) is 64.8. The maximum Gasteiger partial charge on any atom is 0.347 e. The van der Waals surface area contributed by atoms with Gasteiger partial charge in [0.1, 0.15) is 6.04 Å². The number of nitrogens with zero attached hydrogens (tertiary/aromatic N) is 4. The molecule has 0 bridgehead atoms. The molecule has 1 aliphatic heterocycles. The largest absolute Gasteiger partial charge is 0.503 e. The molecule has 13 heteroatoms. The van der Waals surface area contributed by atoms with E-state index >= 15 is 0 Å². The van der Waals surface area contributed by atoms with Crippen LogP contribution in [0.4, 0.5) is 0 Å². The first-order valence-corrected chi connectivity index (χ1v) is 11.9. The molecule has 0 aromatic carbocycles. The van der Waals surface area contributed by atoms with Gasteiger partial charge in [0.15, 0.2) is 17.1 Å². The zero-order valence-electron chi connectivity index (χ0n) is 20.9. The Balaban J connectivity index is 1.54. The Morgan fingerprint density at radius 2 is 1.89 bits per heavy atom. The van der Waals surface area contributed by atoms with Crippen LogP contribution in [0.15, 0.2) is 34.0 Å². The van der Waals surface area contributed by atoms with Gasteiger partial charge in [-0.25, -0.2) is 14.3 Å². The topological polar surface area (TPSA) is 171 Å². The molecule has 4 N–H and O–H groups in total. The average molecular weight is 512 g/mol. The minimum absolute atomic E-state index is 0.0975. The van der Waals surface area contributed by atoms with Crippen molar-refractivity contribution in [1.29, 1.82) is 0 Å². The number of aromatic amines is 1. The summed E-state index contributed by atoms with van der Waals surface area (Å²) in [5.41, 5.74) is -0.712. The van der Waals surface area contributed by atoms with Gasteiger partial charge in [-0.3, -0.25) is 19.2 Å². The molecule has 0 spiro atoms. The van der Waals surface area contributed by atoms with Crippen LogP contribution in [0.2, 0.25) is 0 Å². The van der Waals surface area contributed by atoms with Crippen LogP contribution in [0, 0.1) is 5.92 Å². The first-order chi connectivity index (χ1) is 17.5. The van der Waals surface area contributed by atoms with E-state index in [1.807, 2.05) is 13.8 Å². The number of aromatic nitrogens is 4. The van der Waals surface area contributed by atoms with E-state index in [4.69, 9.17) is 0 Å². The van der Waals surface area contributed by atoms with Crippen molar-refractivity contribution >= 4 is 23.4 Å². The van der Waals surface area contributed by atoms with Gasteiger partial charge < -0.3 is 25.2 Å². The second-order valence-electron chi connectivity index (χ2n) is 9.50. The lowest BCUT2D eigenvalue weighted by Gasteiger charge is -2.34. The van der Waals surface area contributed by atoms with Gasteiger partial charge in [0.05, 0.1) is 12.1 Å². The highest BCUT2D eigenvalue weighted by Crippen LogP contribution is 2.22. The third-order valence-corrected chi connectivity index (χ3v) is 6.39. The molecular weight excluding hydrogens is 482 g/mol. The molecule has 3 aromatic heterocycles. The van der Waals surface area contributed by atoms with Gasteiger partial charge in [0.2, 0.25) is 11.3 Å². The summed E-state index contributed by atoms with van der Waals surface area (Å²) in [5.74, 6) is -2.47. The summed E-state index contributed by atoms with van der Waals surface area (Å²) in [6.07, 6.45) is 1.47. The number of hydrogen-bond acceptors (Lipinski definition) is 7. The Bertz CT molecular complexity index is 1500. The molecule has 3 aromatic rings. The first-order valence-electron chi connectivity index (χ1n) is 11.9. The van der Waals surface area contributed by atoms with Crippen LogP contribution in [0.3, 0.4) is 0 Å². The van der Waals surface area contributed by atoms with Crippen molar-refractivity contribution < 1.29 is 19.5 Å². The van der Waals surface area contributed by atoms with E-state index in [9.17, 15) is 29.1 Å². The van der Waals surface area contributed by atoms with Crippen molar-refractivity contribution in [3.63, 3.8) is 0 Å². The molecule has 13 nitrogen and oxygen atoms in total. The molecule has 0 saturated heterocycles. The van der Waals surface area contributed by atoms with Crippen molar-refractivity contribution in [3.05, 3.63) is 62.1 Å². The van der Waals surface area contributed by atoms with E-state index in [0.29, 0.717) is 18.8 Å². The predicted molar refractivity (Wildman–Crippen MR) is 132 cm³/mol. The highest BCUT2D eigenvalue weighted by molar-refractivity contribution is 6.02. The molecule has 37 heavy (non-hydrogen) atoms. The molecule has 0 radical (unpaired) electrons. The van der Waals surface area contributed by atoms with Crippen molar-refractivity contribution in [2.75, 3.05) is 6.54 Å². The Hall–Kier alpha value is -4.42. The number of fused-ring (bicyclic) bond motifs is 2. The number of carbonyl (C=O) groups is 3. The highest BCUT2D eigenvalue weighted by atomic mass is 16.3. The molecule has 1 atom stereocenters. The minimum Gasteiger partial charge on any atom is -0.503 e. The Morgan fingerprint density at radius 3 is 2.57 bits per heavy atom. The molecule has 0 unspecified atom stereocenters. The van der Waals surface area contributed by atoms with E-state index in [1.54, 1.807) is 18.7 Å². The molecule has 196 valence electrons. The maximum absolute atomic E-state index is 13.1. The number of aromatic hydroxyl groups is 1. The van der Waals surface area contributed by atoms with Gasteiger partial charge in [0.25, 0.3) is 11.8 Å². The number of carbonyl (C=O) groups excluding carboxylic acids is 3. The monoisotopic (exact) mass is 511 g/mol. The zero-order valence-corrected chi connectivity index (χ0v) is 20.9. The molecule has 0 aliphatic carbocycles. The SMILES string of the molecule is CC(C)[C@H](NC(=O)c1cccn2c(=O)[nH]nc12)C(=O)NCc1cc(=O)c(O)c2n1CCN(C(C)C)C2=O. The van der Waals surface area contributed by atoms with Crippen LogP contribution in [0.25, 0.3) is 5.65 Å². The quantitative estimate of drug-likeness (QED) is 0.341. The lowest BCUT2D eigenvalue weighted by Crippen LogP contribution is -2.50. The second kappa shape index (κ2) is 9.91. The molecule has 1 aliphatic rings. The fraction of sp³-hybridized carbons (Fsp3) is 0.417. The van der Waals surface area contributed by atoms with Gasteiger partial charge in [-0.15, -0.1) is 0 Å². The van der Waals surface area contributed by atoms with E-state index in [0.717, 1.165) is 0 Å². The summed E-state index contributed by atoms with van der Waals surface area (Å²) < 4.78 is 2.73. The fourth-order valence-electron chi connectivity index (χ4n) is 4.39. The van der Waals surface area contributed by atoms with Crippen molar-refractivity contribution in [3.8, 4) is 5.75 Å². The Labute approximate surface area is 211 Å². The fourth-order valence-corrected chi connectivity index (χ4v) is 4.39. The van der Waals surface area contributed by atoms with E-state index < -0.39 is 40.6 Å². The lowest BCUT2D eigenvalue weighted by molar-refractivity contribution is -0.124. The van der Waals surface area contributed by atoms with Gasteiger partial charge in [0, 0.05) is 37.1 Å². The molecule has 4 heterocycles. The van der Waals surface area contributed by atoms with E-state index in [2.05, 4.69) is 20.8 Å². The third kappa shape index (κ3) is 4.71. The second-order valence-corrected chi connectivity index (χ2v) is 9.50. The smallest absolute Gasteiger partial charge is 0.347 e. The van der Waals surface area contributed by atoms with E-state index in [1.165, 1.54) is 33.4 Å². The summed E-state index contributed by atoms with van der Waals surface area (Å²) >= 11 is 0. The molecular formula is C24H29N7O6. The molecule has 0 saturated carbocycles. The lowest BCUT2D eigenvalue weighted by atomic mass is 10.0. The summed E-state index contributed by atoms with van der Waals surface area (Å²) in [6, 6.07) is 3.15. The summed E-state index contributed by atoms with van der Waals surface area (Å²) in [5, 5.41) is 21.9. The number of nitrogens with one attached hydrogen (secondary N) is 3. The number of H-pyrrole nitrogens is 1. The predicted octanol–water partition coefficient (Wildman–Crippen LogP) is -0.175. The Morgan fingerprint density at radius 1 is 1.16 bits per heavy atom. The van der Waals surface area contributed by atoms with Crippen LogP contribution in [-0.2, 0) is 17.9 Å². The number of hydrogen-bond donors (Lipinski definition) is 4. The number of pyridine rings is 2. The molecule has 4 rings (SSSR count). The van der Waals surface area contributed by atoms with Crippen LogP contribution in [0.5, 0.6) is 5.75 Å². The molecule has 0 fully saturated rings. The normalized spacial score (nSPS) is 14.2. The minimum atomic E-state index is -0.943.